The third-order valence-electron chi connectivity index (χ3n) is 6.02. The number of aromatic nitrogens is 3. The molecule has 0 atom stereocenters. The molecule has 0 N–H and O–H groups in total. The standard InChI is InChI=1S/C23H24ClN3O4S2/c1-32(28,29)12-4-11-27-21-10-7-16(24)13-19(21)25-23(27)15-26-14-22(33(30,31)17-8-9-17)18-5-2-3-6-20(18)26/h2-3,5-7,10,13-14,17H,4,8-9,11-12,15H2,1H3. The molecule has 2 heterocycles. The van der Waals surface area contributed by atoms with E-state index < -0.39 is 19.7 Å². The first-order chi connectivity index (χ1) is 15.6. The second-order valence-electron chi connectivity index (χ2n) is 8.68. The van der Waals surface area contributed by atoms with Crippen LogP contribution >= 0.6 is 11.6 Å². The van der Waals surface area contributed by atoms with Crippen molar-refractivity contribution in [1.29, 1.82) is 0 Å². The molecular formula is C23H24ClN3O4S2. The van der Waals surface area contributed by atoms with Crippen LogP contribution in [0.4, 0.5) is 0 Å². The Hall–Kier alpha value is -2.36. The van der Waals surface area contributed by atoms with Gasteiger partial charge >= 0.3 is 0 Å². The summed E-state index contributed by atoms with van der Waals surface area (Å²) in [7, 11) is -6.45. The van der Waals surface area contributed by atoms with Crippen molar-refractivity contribution in [1.82, 2.24) is 14.1 Å². The van der Waals surface area contributed by atoms with Crippen LogP contribution in [0.5, 0.6) is 0 Å². The lowest BCUT2D eigenvalue weighted by molar-refractivity contribution is 0.587. The number of para-hydroxylation sites is 1. The highest BCUT2D eigenvalue weighted by molar-refractivity contribution is 7.92. The van der Waals surface area contributed by atoms with E-state index in [-0.39, 0.29) is 11.0 Å². The second kappa shape index (κ2) is 8.14. The van der Waals surface area contributed by atoms with Crippen molar-refractivity contribution in [3.05, 3.63) is 59.5 Å². The molecule has 4 aromatic rings. The molecule has 33 heavy (non-hydrogen) atoms. The number of sulfone groups is 2. The Balaban J connectivity index is 1.58. The molecule has 1 fully saturated rings. The number of hydrogen-bond acceptors (Lipinski definition) is 5. The van der Waals surface area contributed by atoms with Gasteiger partial charge < -0.3 is 9.13 Å². The van der Waals surface area contributed by atoms with Gasteiger partial charge in [0.05, 0.1) is 33.5 Å². The summed E-state index contributed by atoms with van der Waals surface area (Å²) in [5, 5.41) is 0.991. The van der Waals surface area contributed by atoms with Gasteiger partial charge in [0.25, 0.3) is 0 Å². The summed E-state index contributed by atoms with van der Waals surface area (Å²) < 4.78 is 53.3. The minimum absolute atomic E-state index is 0.0793. The fraction of sp³-hybridized carbons (Fsp3) is 0.348. The Morgan fingerprint density at radius 2 is 1.82 bits per heavy atom. The molecule has 7 nitrogen and oxygen atoms in total. The average molecular weight is 506 g/mol. The van der Waals surface area contributed by atoms with Crippen LogP contribution in [0.1, 0.15) is 25.1 Å². The molecule has 2 aromatic carbocycles. The number of aryl methyl sites for hydroxylation is 1. The predicted molar refractivity (Wildman–Crippen MR) is 130 cm³/mol. The highest BCUT2D eigenvalue weighted by Gasteiger charge is 2.38. The van der Waals surface area contributed by atoms with Gasteiger partial charge in [-0.15, -0.1) is 0 Å². The van der Waals surface area contributed by atoms with E-state index in [1.54, 1.807) is 18.3 Å². The maximum atomic E-state index is 13.0. The van der Waals surface area contributed by atoms with E-state index >= 15 is 0 Å². The fourth-order valence-corrected chi connectivity index (χ4v) is 6.98. The Kier molecular flexibility index (Phi) is 5.54. The number of hydrogen-bond donors (Lipinski definition) is 0. The normalized spacial score (nSPS) is 15.0. The molecule has 0 aliphatic heterocycles. The van der Waals surface area contributed by atoms with Gasteiger partial charge in [0.2, 0.25) is 0 Å². The first kappa shape index (κ1) is 22.4. The Labute approximate surface area is 197 Å². The zero-order valence-electron chi connectivity index (χ0n) is 18.1. The van der Waals surface area contributed by atoms with Crippen LogP contribution in [-0.4, -0.2) is 48.2 Å². The van der Waals surface area contributed by atoms with Crippen molar-refractivity contribution in [2.45, 2.75) is 42.5 Å². The van der Waals surface area contributed by atoms with Crippen molar-refractivity contribution in [3.63, 3.8) is 0 Å². The largest absolute Gasteiger partial charge is 0.339 e. The highest BCUT2D eigenvalue weighted by atomic mass is 35.5. The van der Waals surface area contributed by atoms with Crippen molar-refractivity contribution in [2.75, 3.05) is 12.0 Å². The van der Waals surface area contributed by atoms with Crippen LogP contribution in [0.25, 0.3) is 21.9 Å². The maximum Gasteiger partial charge on any atom is 0.183 e. The molecule has 1 aliphatic rings. The van der Waals surface area contributed by atoms with Crippen molar-refractivity contribution in [2.24, 2.45) is 0 Å². The van der Waals surface area contributed by atoms with Gasteiger partial charge in [-0.05, 0) is 43.5 Å². The van der Waals surface area contributed by atoms with Gasteiger partial charge in [-0.3, -0.25) is 0 Å². The summed E-state index contributed by atoms with van der Waals surface area (Å²) in [5.74, 6) is 0.799. The molecule has 1 aliphatic carbocycles. The van der Waals surface area contributed by atoms with Gasteiger partial charge in [-0.1, -0.05) is 29.8 Å². The van der Waals surface area contributed by atoms with E-state index in [1.807, 2.05) is 39.5 Å². The zero-order valence-corrected chi connectivity index (χ0v) is 20.5. The molecule has 0 unspecified atom stereocenters. The summed E-state index contributed by atoms with van der Waals surface area (Å²) >= 11 is 6.17. The van der Waals surface area contributed by atoms with Crippen LogP contribution in [-0.2, 0) is 32.8 Å². The van der Waals surface area contributed by atoms with E-state index in [2.05, 4.69) is 0 Å². The molecule has 0 amide bonds. The number of nitrogens with zero attached hydrogens (tertiary/aromatic N) is 3. The molecule has 1 saturated carbocycles. The summed E-state index contributed by atoms with van der Waals surface area (Å²) in [6, 6.07) is 12.9. The molecule has 0 saturated heterocycles. The third-order valence-corrected chi connectivity index (χ3v) is 9.57. The Morgan fingerprint density at radius 3 is 2.55 bits per heavy atom. The summed E-state index contributed by atoms with van der Waals surface area (Å²) in [4.78, 5) is 5.13. The molecule has 0 spiro atoms. The minimum Gasteiger partial charge on any atom is -0.339 e. The van der Waals surface area contributed by atoms with E-state index in [9.17, 15) is 16.8 Å². The molecule has 5 rings (SSSR count). The van der Waals surface area contributed by atoms with Crippen LogP contribution < -0.4 is 0 Å². The number of rotatable bonds is 8. The molecule has 0 bridgehead atoms. The monoisotopic (exact) mass is 505 g/mol. The van der Waals surface area contributed by atoms with Gasteiger partial charge in [0, 0.05) is 34.9 Å². The topological polar surface area (TPSA) is 91.0 Å². The Morgan fingerprint density at radius 1 is 1.06 bits per heavy atom. The van der Waals surface area contributed by atoms with E-state index in [0.29, 0.717) is 47.7 Å². The van der Waals surface area contributed by atoms with Crippen LogP contribution in [0.3, 0.4) is 0 Å². The van der Waals surface area contributed by atoms with Crippen LogP contribution in [0, 0.1) is 0 Å². The predicted octanol–water partition coefficient (Wildman–Crippen LogP) is 4.06. The van der Waals surface area contributed by atoms with E-state index in [4.69, 9.17) is 16.6 Å². The van der Waals surface area contributed by atoms with Crippen molar-refractivity contribution >= 4 is 53.2 Å². The summed E-state index contributed by atoms with van der Waals surface area (Å²) in [5.41, 5.74) is 2.41. The molecule has 174 valence electrons. The van der Waals surface area contributed by atoms with Gasteiger partial charge in [0.15, 0.2) is 9.84 Å². The second-order valence-corrected chi connectivity index (χ2v) is 13.6. The molecule has 10 heteroatoms. The molecular weight excluding hydrogens is 482 g/mol. The number of imidazole rings is 1. The summed E-state index contributed by atoms with van der Waals surface area (Å²) in [6.45, 7) is 0.832. The van der Waals surface area contributed by atoms with E-state index in [1.165, 1.54) is 6.26 Å². The average Bonchev–Trinajstić information content (AvgIpc) is 3.48. The van der Waals surface area contributed by atoms with Crippen molar-refractivity contribution in [3.8, 4) is 0 Å². The third kappa shape index (κ3) is 4.41. The molecule has 2 aromatic heterocycles. The number of benzene rings is 2. The number of halogens is 1. The molecule has 0 radical (unpaired) electrons. The van der Waals surface area contributed by atoms with Gasteiger partial charge in [-0.2, -0.15) is 0 Å². The van der Waals surface area contributed by atoms with E-state index in [0.717, 1.165) is 22.4 Å². The lowest BCUT2D eigenvalue weighted by Gasteiger charge is -2.10. The quantitative estimate of drug-likeness (QED) is 0.360. The van der Waals surface area contributed by atoms with Crippen molar-refractivity contribution < 1.29 is 16.8 Å². The highest BCUT2D eigenvalue weighted by Crippen LogP contribution is 2.37. The van der Waals surface area contributed by atoms with Crippen LogP contribution in [0.2, 0.25) is 5.02 Å². The first-order valence-electron chi connectivity index (χ1n) is 10.8. The lowest BCUT2D eigenvalue weighted by atomic mass is 10.2. The van der Waals surface area contributed by atoms with Gasteiger partial charge in [-0.25, -0.2) is 21.8 Å². The minimum atomic E-state index is -3.37. The maximum absolute atomic E-state index is 13.0. The smallest absolute Gasteiger partial charge is 0.183 e. The number of fused-ring (bicyclic) bond motifs is 2. The lowest BCUT2D eigenvalue weighted by Crippen LogP contribution is -2.12. The SMILES string of the molecule is CS(=O)(=O)CCCn1c(Cn2cc(S(=O)(=O)C3CC3)c3ccccc32)nc2cc(Cl)ccc21. The first-order valence-corrected chi connectivity index (χ1v) is 14.8. The van der Waals surface area contributed by atoms with Gasteiger partial charge in [0.1, 0.15) is 15.7 Å². The van der Waals surface area contributed by atoms with Crippen LogP contribution in [0.15, 0.2) is 53.6 Å². The Bertz CT molecular complexity index is 1580. The zero-order chi connectivity index (χ0) is 23.4. The fourth-order valence-electron chi connectivity index (χ4n) is 4.29. The summed E-state index contributed by atoms with van der Waals surface area (Å²) in [6.07, 6.45) is 4.81.